The molecular formula is C23H28F3N5O. The van der Waals surface area contributed by atoms with Gasteiger partial charge in [-0.2, -0.15) is 22.8 Å². The Morgan fingerprint density at radius 3 is 2.22 bits per heavy atom. The van der Waals surface area contributed by atoms with Crippen molar-refractivity contribution in [3.63, 3.8) is 0 Å². The molecule has 0 saturated heterocycles. The minimum Gasteiger partial charge on any atom is -0.439 e. The van der Waals surface area contributed by atoms with Crippen LogP contribution in [0.1, 0.15) is 61.9 Å². The number of benzene rings is 1. The third kappa shape index (κ3) is 3.91. The first-order chi connectivity index (χ1) is 15.2. The van der Waals surface area contributed by atoms with Crippen LogP contribution in [0.2, 0.25) is 0 Å². The molecule has 1 aromatic carbocycles. The Bertz CT molecular complexity index is 1250. The number of rotatable bonds is 4. The monoisotopic (exact) mass is 447 g/mol. The van der Waals surface area contributed by atoms with Crippen molar-refractivity contribution in [2.45, 2.75) is 67.5 Å². The molecule has 0 bridgehead atoms. The van der Waals surface area contributed by atoms with Crippen molar-refractivity contribution in [2.24, 2.45) is 0 Å². The second-order valence-electron chi connectivity index (χ2n) is 7.27. The van der Waals surface area contributed by atoms with Gasteiger partial charge in [-0.25, -0.2) is 9.67 Å². The van der Waals surface area contributed by atoms with Crippen LogP contribution in [0.15, 0.2) is 22.6 Å². The van der Waals surface area contributed by atoms with Gasteiger partial charge in [0.05, 0.1) is 5.69 Å². The summed E-state index contributed by atoms with van der Waals surface area (Å²) in [7, 11) is 0. The summed E-state index contributed by atoms with van der Waals surface area (Å²) < 4.78 is 48.2. The Labute approximate surface area is 185 Å². The molecule has 0 saturated carbocycles. The summed E-state index contributed by atoms with van der Waals surface area (Å²) >= 11 is 0. The second kappa shape index (κ2) is 8.80. The van der Waals surface area contributed by atoms with E-state index in [1.54, 1.807) is 11.4 Å². The highest BCUT2D eigenvalue weighted by Gasteiger charge is 2.37. The summed E-state index contributed by atoms with van der Waals surface area (Å²) in [5, 5.41) is 8.26. The van der Waals surface area contributed by atoms with Crippen LogP contribution in [-0.4, -0.2) is 24.4 Å². The fourth-order valence-electron chi connectivity index (χ4n) is 3.71. The van der Waals surface area contributed by atoms with E-state index >= 15 is 0 Å². The summed E-state index contributed by atoms with van der Waals surface area (Å²) in [6, 6.07) is 6.23. The molecule has 172 valence electrons. The molecule has 4 rings (SSSR count). The van der Waals surface area contributed by atoms with E-state index in [0.29, 0.717) is 29.3 Å². The van der Waals surface area contributed by atoms with Gasteiger partial charge < -0.3 is 4.42 Å². The highest BCUT2D eigenvalue weighted by Crippen LogP contribution is 2.35. The molecule has 0 aliphatic rings. The van der Waals surface area contributed by atoms with Crippen molar-refractivity contribution in [3.8, 4) is 16.9 Å². The number of halogens is 3. The fraction of sp³-hybridized carbons (Fsp3) is 0.435. The van der Waals surface area contributed by atoms with Crippen LogP contribution < -0.4 is 0 Å². The Morgan fingerprint density at radius 1 is 1.00 bits per heavy atom. The number of aryl methyl sites for hydroxylation is 5. The minimum absolute atomic E-state index is 0.111. The third-order valence-corrected chi connectivity index (χ3v) is 5.19. The van der Waals surface area contributed by atoms with Gasteiger partial charge in [-0.3, -0.25) is 0 Å². The number of hydrogen-bond donors (Lipinski definition) is 0. The first kappa shape index (κ1) is 23.6. The summed E-state index contributed by atoms with van der Waals surface area (Å²) in [4.78, 5) is 3.57. The topological polar surface area (TPSA) is 61.2 Å². The molecule has 0 spiro atoms. The molecule has 0 atom stereocenters. The van der Waals surface area contributed by atoms with Crippen LogP contribution in [0.5, 0.6) is 0 Å². The molecule has 0 aliphatic heterocycles. The first-order valence-corrected chi connectivity index (χ1v) is 10.8. The standard InChI is InChI=1S/C21H22F3N5O.C2H6/c1-6-14-8-9-15(11(3)10-14)18-16(7-2)30-19-17(12(4)26-29(18)19)28-13(5)25-20(27-28)21(22,23)24;1-2/h8-10H,6-7H2,1-5H3;1-2H3. The number of aromatic nitrogens is 5. The van der Waals surface area contributed by atoms with Gasteiger partial charge in [-0.1, -0.05) is 45.9 Å². The zero-order valence-corrected chi connectivity index (χ0v) is 19.4. The maximum absolute atomic E-state index is 13.1. The molecule has 3 heterocycles. The van der Waals surface area contributed by atoms with Crippen molar-refractivity contribution in [1.29, 1.82) is 0 Å². The van der Waals surface area contributed by atoms with Gasteiger partial charge in [0.1, 0.15) is 17.3 Å². The normalized spacial score (nSPS) is 11.7. The molecule has 0 aliphatic carbocycles. The van der Waals surface area contributed by atoms with Gasteiger partial charge in [0.25, 0.3) is 5.82 Å². The Morgan fingerprint density at radius 2 is 1.69 bits per heavy atom. The zero-order chi connectivity index (χ0) is 23.8. The smallest absolute Gasteiger partial charge is 0.439 e. The predicted octanol–water partition coefficient (Wildman–Crippen LogP) is 6.27. The molecular weight excluding hydrogens is 419 g/mol. The van der Waals surface area contributed by atoms with Crippen LogP contribution in [-0.2, 0) is 19.0 Å². The number of alkyl halides is 3. The summed E-state index contributed by atoms with van der Waals surface area (Å²) in [6.07, 6.45) is -3.09. The van der Waals surface area contributed by atoms with Crippen LogP contribution in [0, 0.1) is 20.8 Å². The quantitative estimate of drug-likeness (QED) is 0.370. The van der Waals surface area contributed by atoms with Crippen LogP contribution >= 0.6 is 0 Å². The SMILES string of the molecule is CC.CCc1ccc(-c2c(CC)oc3c(-n4nc(C(F)(F)F)nc4C)c(C)nn23)c(C)c1. The number of hydrogen-bond acceptors (Lipinski definition) is 4. The van der Waals surface area contributed by atoms with E-state index in [1.165, 1.54) is 12.5 Å². The van der Waals surface area contributed by atoms with Crippen molar-refractivity contribution in [2.75, 3.05) is 0 Å². The van der Waals surface area contributed by atoms with Gasteiger partial charge >= 0.3 is 6.18 Å². The Balaban J connectivity index is 0.00000141. The van der Waals surface area contributed by atoms with Gasteiger partial charge in [0.2, 0.25) is 5.71 Å². The van der Waals surface area contributed by atoms with E-state index in [4.69, 9.17) is 4.42 Å². The van der Waals surface area contributed by atoms with E-state index < -0.39 is 12.0 Å². The largest absolute Gasteiger partial charge is 0.453 e. The summed E-state index contributed by atoms with van der Waals surface area (Å²) in [5.74, 6) is -0.369. The second-order valence-corrected chi connectivity index (χ2v) is 7.27. The molecule has 3 aromatic heterocycles. The molecule has 0 fully saturated rings. The lowest BCUT2D eigenvalue weighted by molar-refractivity contribution is -0.144. The molecule has 9 heteroatoms. The lowest BCUT2D eigenvalue weighted by Gasteiger charge is -2.07. The molecule has 4 aromatic rings. The van der Waals surface area contributed by atoms with Crippen molar-refractivity contribution < 1.29 is 17.6 Å². The number of nitrogens with zero attached hydrogens (tertiary/aromatic N) is 5. The van der Waals surface area contributed by atoms with Gasteiger partial charge in [-0.05, 0) is 38.3 Å². The Hall–Kier alpha value is -3.10. The molecule has 6 nitrogen and oxygen atoms in total. The maximum atomic E-state index is 13.1. The van der Waals surface area contributed by atoms with Crippen molar-refractivity contribution >= 4 is 5.71 Å². The first-order valence-electron chi connectivity index (χ1n) is 10.8. The molecule has 0 radical (unpaired) electrons. The lowest BCUT2D eigenvalue weighted by atomic mass is 10.00. The predicted molar refractivity (Wildman–Crippen MR) is 117 cm³/mol. The molecule has 0 unspecified atom stereocenters. The van der Waals surface area contributed by atoms with Crippen LogP contribution in [0.3, 0.4) is 0 Å². The van der Waals surface area contributed by atoms with E-state index in [-0.39, 0.29) is 5.82 Å². The molecule has 0 amide bonds. The van der Waals surface area contributed by atoms with E-state index in [9.17, 15) is 13.2 Å². The highest BCUT2D eigenvalue weighted by atomic mass is 19.4. The summed E-state index contributed by atoms with van der Waals surface area (Å²) in [6.45, 7) is 13.3. The van der Waals surface area contributed by atoms with Crippen LogP contribution in [0.25, 0.3) is 22.7 Å². The average molecular weight is 448 g/mol. The lowest BCUT2D eigenvalue weighted by Crippen LogP contribution is -2.08. The molecule has 0 N–H and O–H groups in total. The van der Waals surface area contributed by atoms with E-state index in [0.717, 1.165) is 27.9 Å². The van der Waals surface area contributed by atoms with Gasteiger partial charge in [0, 0.05) is 12.0 Å². The molecule has 32 heavy (non-hydrogen) atoms. The van der Waals surface area contributed by atoms with Crippen molar-refractivity contribution in [3.05, 3.63) is 52.4 Å². The van der Waals surface area contributed by atoms with E-state index in [2.05, 4.69) is 34.2 Å². The minimum atomic E-state index is -4.63. The average Bonchev–Trinajstić information content (AvgIpc) is 3.40. The number of fused-ring (bicyclic) bond motifs is 1. The fourth-order valence-corrected chi connectivity index (χ4v) is 3.71. The van der Waals surface area contributed by atoms with Gasteiger partial charge in [0.15, 0.2) is 5.69 Å². The van der Waals surface area contributed by atoms with Crippen LogP contribution in [0.4, 0.5) is 13.2 Å². The zero-order valence-electron chi connectivity index (χ0n) is 19.4. The third-order valence-electron chi connectivity index (χ3n) is 5.19. The van der Waals surface area contributed by atoms with Gasteiger partial charge in [-0.15, -0.1) is 5.10 Å². The Kier molecular flexibility index (Phi) is 6.48. The van der Waals surface area contributed by atoms with E-state index in [1.807, 2.05) is 33.8 Å². The highest BCUT2D eigenvalue weighted by molar-refractivity contribution is 5.72. The van der Waals surface area contributed by atoms with Crippen molar-refractivity contribution in [1.82, 2.24) is 24.4 Å². The maximum Gasteiger partial charge on any atom is 0.453 e. The summed E-state index contributed by atoms with van der Waals surface area (Å²) in [5.41, 5.74) is 5.29. The number of oxazole rings is 1.